The molecule has 3 aromatic rings. The van der Waals surface area contributed by atoms with Crippen LogP contribution in [0, 0.1) is 6.92 Å². The fourth-order valence-electron chi connectivity index (χ4n) is 3.54. The number of benzene rings is 3. The van der Waals surface area contributed by atoms with Crippen LogP contribution in [0.15, 0.2) is 84.6 Å². The zero-order valence-corrected chi connectivity index (χ0v) is 17.3. The summed E-state index contributed by atoms with van der Waals surface area (Å²) >= 11 is 0. The molecule has 156 valence electrons. The molecule has 5 heteroatoms. The van der Waals surface area contributed by atoms with Crippen molar-refractivity contribution >= 4 is 17.7 Å². The molecule has 1 heterocycles. The summed E-state index contributed by atoms with van der Waals surface area (Å²) in [6, 6.07) is 23.9. The van der Waals surface area contributed by atoms with Gasteiger partial charge in [0.15, 0.2) is 11.9 Å². The van der Waals surface area contributed by atoms with Crippen LogP contribution in [0.1, 0.15) is 45.6 Å². The van der Waals surface area contributed by atoms with Crippen LogP contribution in [-0.4, -0.2) is 18.5 Å². The molecule has 4 rings (SSSR count). The Labute approximate surface area is 180 Å². The summed E-state index contributed by atoms with van der Waals surface area (Å²) in [5.74, 6) is -1.31. The molecule has 0 aromatic heterocycles. The minimum Gasteiger partial charge on any atom is -0.471 e. The normalized spacial score (nSPS) is 15.0. The van der Waals surface area contributed by atoms with Crippen LogP contribution in [0.2, 0.25) is 0 Å². The summed E-state index contributed by atoms with van der Waals surface area (Å²) < 4.78 is 17.1. The molecule has 0 bridgehead atoms. The summed E-state index contributed by atoms with van der Waals surface area (Å²) in [6.45, 7) is 3.87. The number of esters is 2. The smallest absolute Gasteiger partial charge is 0.377 e. The highest BCUT2D eigenvalue weighted by Gasteiger charge is 2.35. The average molecular weight is 414 g/mol. The first-order chi connectivity index (χ1) is 15.1. The van der Waals surface area contributed by atoms with E-state index < -0.39 is 18.0 Å². The lowest BCUT2D eigenvalue weighted by atomic mass is 9.92. The SMILES string of the molecule is CCOC(=O)C1=C(OC(=O)c2ccccc2)c2ccccc2[C@H](c2cccc(C)c2)O1. The Kier molecular flexibility index (Phi) is 5.85. The minimum absolute atomic E-state index is 0.0619. The van der Waals surface area contributed by atoms with E-state index >= 15 is 0 Å². The average Bonchev–Trinajstić information content (AvgIpc) is 2.80. The van der Waals surface area contributed by atoms with Crippen LogP contribution in [-0.2, 0) is 19.0 Å². The Bertz CT molecular complexity index is 1150. The molecule has 0 N–H and O–H groups in total. The van der Waals surface area contributed by atoms with Gasteiger partial charge in [-0.25, -0.2) is 9.59 Å². The standard InChI is InChI=1S/C26H22O5/c1-3-29-26(28)24-23(31-25(27)18-11-5-4-6-12-18)21-15-8-7-14-20(21)22(30-24)19-13-9-10-17(2)16-19/h4-16,22H,3H2,1-2H3/t22-/m0/s1. The Morgan fingerprint density at radius 3 is 2.39 bits per heavy atom. The van der Waals surface area contributed by atoms with E-state index in [4.69, 9.17) is 14.2 Å². The zero-order valence-electron chi connectivity index (χ0n) is 17.3. The van der Waals surface area contributed by atoms with Crippen molar-refractivity contribution in [1.82, 2.24) is 0 Å². The van der Waals surface area contributed by atoms with Gasteiger partial charge in [-0.1, -0.05) is 72.3 Å². The van der Waals surface area contributed by atoms with Crippen molar-refractivity contribution in [3.8, 4) is 0 Å². The second-order valence-electron chi connectivity index (χ2n) is 7.13. The predicted molar refractivity (Wildman–Crippen MR) is 116 cm³/mol. The molecule has 0 amide bonds. The van der Waals surface area contributed by atoms with Gasteiger partial charge in [0.25, 0.3) is 0 Å². The van der Waals surface area contributed by atoms with E-state index in [2.05, 4.69) is 0 Å². The van der Waals surface area contributed by atoms with Crippen molar-refractivity contribution in [2.45, 2.75) is 20.0 Å². The molecule has 5 nitrogen and oxygen atoms in total. The lowest BCUT2D eigenvalue weighted by Crippen LogP contribution is -2.23. The van der Waals surface area contributed by atoms with Gasteiger partial charge in [0.1, 0.15) is 0 Å². The van der Waals surface area contributed by atoms with E-state index in [1.54, 1.807) is 31.2 Å². The fraction of sp³-hybridized carbons (Fsp3) is 0.154. The van der Waals surface area contributed by atoms with E-state index in [0.717, 1.165) is 16.7 Å². The van der Waals surface area contributed by atoms with Gasteiger partial charge in [0.2, 0.25) is 5.76 Å². The molecule has 0 radical (unpaired) electrons. The first kappa shape index (κ1) is 20.4. The van der Waals surface area contributed by atoms with Crippen LogP contribution < -0.4 is 0 Å². The highest BCUT2D eigenvalue weighted by molar-refractivity contribution is 6.00. The summed E-state index contributed by atoms with van der Waals surface area (Å²) in [4.78, 5) is 25.6. The number of aryl methyl sites for hydroxylation is 1. The maximum Gasteiger partial charge on any atom is 0.377 e. The summed E-state index contributed by atoms with van der Waals surface area (Å²) in [5, 5.41) is 0. The second kappa shape index (κ2) is 8.88. The molecule has 1 aliphatic heterocycles. The number of hydrogen-bond donors (Lipinski definition) is 0. The molecule has 0 saturated carbocycles. The molecule has 0 spiro atoms. The lowest BCUT2D eigenvalue weighted by Gasteiger charge is -2.29. The number of fused-ring (bicyclic) bond motifs is 1. The monoisotopic (exact) mass is 414 g/mol. The van der Waals surface area contributed by atoms with Gasteiger partial charge in [-0.15, -0.1) is 0 Å². The lowest BCUT2D eigenvalue weighted by molar-refractivity contribution is -0.143. The second-order valence-corrected chi connectivity index (χ2v) is 7.13. The number of ether oxygens (including phenoxy) is 3. The van der Waals surface area contributed by atoms with Crippen molar-refractivity contribution in [3.05, 3.63) is 112 Å². The molecule has 31 heavy (non-hydrogen) atoms. The first-order valence-electron chi connectivity index (χ1n) is 10.1. The number of carbonyl (C=O) groups excluding carboxylic acids is 2. The van der Waals surface area contributed by atoms with Crippen molar-refractivity contribution in [2.24, 2.45) is 0 Å². The Balaban J connectivity index is 1.82. The quantitative estimate of drug-likeness (QED) is 0.537. The van der Waals surface area contributed by atoms with Gasteiger partial charge in [-0.2, -0.15) is 0 Å². The van der Waals surface area contributed by atoms with Crippen LogP contribution in [0.25, 0.3) is 5.76 Å². The maximum absolute atomic E-state index is 12.8. The van der Waals surface area contributed by atoms with Crippen molar-refractivity contribution in [1.29, 1.82) is 0 Å². The Morgan fingerprint density at radius 1 is 0.903 bits per heavy atom. The van der Waals surface area contributed by atoms with Crippen molar-refractivity contribution in [2.75, 3.05) is 6.61 Å². The van der Waals surface area contributed by atoms with Gasteiger partial charge in [-0.3, -0.25) is 0 Å². The van der Waals surface area contributed by atoms with Crippen molar-refractivity contribution in [3.63, 3.8) is 0 Å². The van der Waals surface area contributed by atoms with Crippen LogP contribution in [0.3, 0.4) is 0 Å². The van der Waals surface area contributed by atoms with Gasteiger partial charge >= 0.3 is 11.9 Å². The number of hydrogen-bond acceptors (Lipinski definition) is 5. The third-order valence-corrected chi connectivity index (χ3v) is 4.94. The molecule has 0 aliphatic carbocycles. The minimum atomic E-state index is -0.675. The van der Waals surface area contributed by atoms with Crippen LogP contribution in [0.5, 0.6) is 0 Å². The summed E-state index contributed by atoms with van der Waals surface area (Å²) in [5.41, 5.74) is 3.75. The zero-order chi connectivity index (χ0) is 21.8. The van der Waals surface area contributed by atoms with Crippen LogP contribution in [0.4, 0.5) is 0 Å². The van der Waals surface area contributed by atoms with E-state index in [0.29, 0.717) is 11.1 Å². The van der Waals surface area contributed by atoms with E-state index in [-0.39, 0.29) is 18.1 Å². The van der Waals surface area contributed by atoms with E-state index in [1.807, 2.05) is 61.5 Å². The maximum atomic E-state index is 12.8. The highest BCUT2D eigenvalue weighted by Crippen LogP contribution is 2.41. The molecule has 0 fully saturated rings. The summed E-state index contributed by atoms with van der Waals surface area (Å²) in [6.07, 6.45) is -0.533. The Hall–Kier alpha value is -3.86. The van der Waals surface area contributed by atoms with E-state index in [9.17, 15) is 9.59 Å². The fourth-order valence-corrected chi connectivity index (χ4v) is 3.54. The topological polar surface area (TPSA) is 61.8 Å². The third kappa shape index (κ3) is 4.21. The van der Waals surface area contributed by atoms with Gasteiger partial charge in [0.05, 0.1) is 12.2 Å². The predicted octanol–water partition coefficient (Wildman–Crippen LogP) is 5.20. The van der Waals surface area contributed by atoms with Gasteiger partial charge < -0.3 is 14.2 Å². The number of carbonyl (C=O) groups is 2. The number of rotatable bonds is 5. The molecule has 0 unspecified atom stereocenters. The van der Waals surface area contributed by atoms with Gasteiger partial charge in [-0.05, 0) is 31.5 Å². The molecule has 0 saturated heterocycles. The van der Waals surface area contributed by atoms with Crippen LogP contribution >= 0.6 is 0 Å². The van der Waals surface area contributed by atoms with Crippen molar-refractivity contribution < 1.29 is 23.8 Å². The molecular formula is C26H22O5. The molecular weight excluding hydrogens is 392 g/mol. The van der Waals surface area contributed by atoms with E-state index in [1.165, 1.54) is 0 Å². The third-order valence-electron chi connectivity index (χ3n) is 4.94. The van der Waals surface area contributed by atoms with Gasteiger partial charge in [0, 0.05) is 11.1 Å². The largest absolute Gasteiger partial charge is 0.471 e. The Morgan fingerprint density at radius 2 is 1.65 bits per heavy atom. The molecule has 3 aromatic carbocycles. The highest BCUT2D eigenvalue weighted by atomic mass is 16.6. The molecule has 1 aliphatic rings. The summed E-state index contributed by atoms with van der Waals surface area (Å²) in [7, 11) is 0. The molecule has 1 atom stereocenters. The first-order valence-corrected chi connectivity index (χ1v) is 10.1.